The van der Waals surface area contributed by atoms with E-state index in [1.807, 2.05) is 18.2 Å². The Bertz CT molecular complexity index is 669. The number of benzene rings is 1. The molecule has 86 valence electrons. The molecule has 0 aliphatic carbocycles. The van der Waals surface area contributed by atoms with Crippen molar-refractivity contribution >= 4 is 11.0 Å². The van der Waals surface area contributed by atoms with E-state index in [1.54, 1.807) is 20.2 Å². The summed E-state index contributed by atoms with van der Waals surface area (Å²) in [4.78, 5) is 11.6. The van der Waals surface area contributed by atoms with Crippen molar-refractivity contribution in [3.63, 3.8) is 0 Å². The van der Waals surface area contributed by atoms with Gasteiger partial charge in [-0.3, -0.25) is 0 Å². The Kier molecular flexibility index (Phi) is 2.11. The summed E-state index contributed by atoms with van der Waals surface area (Å²) < 4.78 is 10.6. The van der Waals surface area contributed by atoms with Crippen molar-refractivity contribution in [2.24, 2.45) is 0 Å². The largest absolute Gasteiger partial charge is 0.497 e. The summed E-state index contributed by atoms with van der Waals surface area (Å²) in [5.74, 6) is 2.73. The van der Waals surface area contributed by atoms with Gasteiger partial charge in [-0.15, -0.1) is 0 Å². The number of aromatic amines is 1. The van der Waals surface area contributed by atoms with E-state index in [0.717, 1.165) is 16.8 Å². The molecule has 0 aliphatic rings. The summed E-state index contributed by atoms with van der Waals surface area (Å²) >= 11 is 0. The van der Waals surface area contributed by atoms with Crippen molar-refractivity contribution in [1.29, 1.82) is 0 Å². The summed E-state index contributed by atoms with van der Waals surface area (Å²) in [6, 6.07) is 5.67. The zero-order valence-corrected chi connectivity index (χ0v) is 9.52. The van der Waals surface area contributed by atoms with E-state index in [4.69, 9.17) is 9.15 Å². The molecule has 0 radical (unpaired) electrons. The predicted octanol–water partition coefficient (Wildman–Crippen LogP) is 2.53. The van der Waals surface area contributed by atoms with Crippen molar-refractivity contribution in [2.75, 3.05) is 7.11 Å². The maximum absolute atomic E-state index is 5.42. The van der Waals surface area contributed by atoms with Crippen LogP contribution in [-0.2, 0) is 0 Å². The van der Waals surface area contributed by atoms with Crippen LogP contribution in [0.5, 0.6) is 5.75 Å². The summed E-state index contributed by atoms with van der Waals surface area (Å²) in [6.45, 7) is 1.80. The van der Waals surface area contributed by atoms with Gasteiger partial charge in [-0.25, -0.2) is 9.97 Å². The van der Waals surface area contributed by atoms with Crippen molar-refractivity contribution in [3.05, 3.63) is 30.3 Å². The SMILES string of the molecule is COc1ccc2nc(-c3cnc(C)o3)[nH]c2c1. The van der Waals surface area contributed by atoms with Crippen molar-refractivity contribution in [3.8, 4) is 17.3 Å². The number of oxazole rings is 1. The molecule has 0 unspecified atom stereocenters. The Morgan fingerprint density at radius 3 is 2.94 bits per heavy atom. The highest BCUT2D eigenvalue weighted by atomic mass is 16.5. The molecule has 0 atom stereocenters. The second kappa shape index (κ2) is 3.62. The number of nitrogens with one attached hydrogen (secondary N) is 1. The number of H-pyrrole nitrogens is 1. The van der Waals surface area contributed by atoms with E-state index >= 15 is 0 Å². The number of fused-ring (bicyclic) bond motifs is 1. The van der Waals surface area contributed by atoms with Crippen LogP contribution in [0.3, 0.4) is 0 Å². The molecule has 1 aromatic carbocycles. The number of aromatic nitrogens is 3. The summed E-state index contributed by atoms with van der Waals surface area (Å²) in [6.07, 6.45) is 1.66. The van der Waals surface area contributed by atoms with Crippen molar-refractivity contribution < 1.29 is 9.15 Å². The molecule has 1 N–H and O–H groups in total. The molecule has 2 heterocycles. The first kappa shape index (κ1) is 9.89. The number of hydrogen-bond donors (Lipinski definition) is 1. The zero-order chi connectivity index (χ0) is 11.8. The minimum Gasteiger partial charge on any atom is -0.497 e. The number of nitrogens with zero attached hydrogens (tertiary/aromatic N) is 2. The van der Waals surface area contributed by atoms with Crippen LogP contribution in [0.4, 0.5) is 0 Å². The third-order valence-corrected chi connectivity index (χ3v) is 2.54. The van der Waals surface area contributed by atoms with Crippen molar-refractivity contribution in [1.82, 2.24) is 15.0 Å². The number of aryl methyl sites for hydroxylation is 1. The normalized spacial score (nSPS) is 10.9. The molecular weight excluding hydrogens is 218 g/mol. The fourth-order valence-corrected chi connectivity index (χ4v) is 1.70. The van der Waals surface area contributed by atoms with E-state index in [-0.39, 0.29) is 0 Å². The maximum Gasteiger partial charge on any atom is 0.191 e. The molecule has 2 aromatic heterocycles. The van der Waals surface area contributed by atoms with Gasteiger partial charge in [-0.05, 0) is 12.1 Å². The van der Waals surface area contributed by atoms with Gasteiger partial charge in [0, 0.05) is 13.0 Å². The molecule has 0 fully saturated rings. The second-order valence-electron chi connectivity index (χ2n) is 3.71. The van der Waals surface area contributed by atoms with Crippen LogP contribution in [0.1, 0.15) is 5.89 Å². The Morgan fingerprint density at radius 1 is 1.35 bits per heavy atom. The van der Waals surface area contributed by atoms with Gasteiger partial charge in [-0.1, -0.05) is 0 Å². The highest BCUT2D eigenvalue weighted by molar-refractivity contribution is 5.79. The van der Waals surface area contributed by atoms with Gasteiger partial charge in [-0.2, -0.15) is 0 Å². The molecule has 0 aliphatic heterocycles. The molecule has 5 nitrogen and oxygen atoms in total. The first-order chi connectivity index (χ1) is 8.26. The van der Waals surface area contributed by atoms with Gasteiger partial charge in [0.2, 0.25) is 0 Å². The van der Waals surface area contributed by atoms with Gasteiger partial charge in [0.15, 0.2) is 17.5 Å². The quantitative estimate of drug-likeness (QED) is 0.733. The van der Waals surface area contributed by atoms with E-state index in [0.29, 0.717) is 17.5 Å². The molecule has 5 heteroatoms. The first-order valence-corrected chi connectivity index (χ1v) is 5.23. The van der Waals surface area contributed by atoms with Crippen LogP contribution < -0.4 is 4.74 Å². The summed E-state index contributed by atoms with van der Waals surface area (Å²) in [5, 5.41) is 0. The molecule has 0 spiro atoms. The lowest BCUT2D eigenvalue weighted by Crippen LogP contribution is -1.81. The van der Waals surface area contributed by atoms with Crippen LogP contribution in [-0.4, -0.2) is 22.1 Å². The predicted molar refractivity (Wildman–Crippen MR) is 62.9 cm³/mol. The lowest BCUT2D eigenvalue weighted by Gasteiger charge is -1.96. The monoisotopic (exact) mass is 229 g/mol. The molecule has 0 amide bonds. The molecule has 3 rings (SSSR count). The van der Waals surface area contributed by atoms with E-state index in [1.165, 1.54) is 0 Å². The first-order valence-electron chi connectivity index (χ1n) is 5.23. The molecule has 0 saturated heterocycles. The van der Waals surface area contributed by atoms with Crippen LogP contribution in [0, 0.1) is 6.92 Å². The fraction of sp³-hybridized carbons (Fsp3) is 0.167. The standard InChI is InChI=1S/C12H11N3O2/c1-7-13-6-11(17-7)12-14-9-4-3-8(16-2)5-10(9)15-12/h3-6H,1-2H3,(H,14,15). The molecule has 0 bridgehead atoms. The van der Waals surface area contributed by atoms with Gasteiger partial charge in [0.25, 0.3) is 0 Å². The second-order valence-corrected chi connectivity index (χ2v) is 3.71. The smallest absolute Gasteiger partial charge is 0.191 e. The van der Waals surface area contributed by atoms with E-state index in [2.05, 4.69) is 15.0 Å². The van der Waals surface area contributed by atoms with Crippen LogP contribution in [0.2, 0.25) is 0 Å². The van der Waals surface area contributed by atoms with Crippen LogP contribution >= 0.6 is 0 Å². The lowest BCUT2D eigenvalue weighted by molar-refractivity contribution is 0.415. The fourth-order valence-electron chi connectivity index (χ4n) is 1.70. The van der Waals surface area contributed by atoms with Gasteiger partial charge in [0.05, 0.1) is 24.3 Å². The van der Waals surface area contributed by atoms with Crippen LogP contribution in [0.15, 0.2) is 28.8 Å². The summed E-state index contributed by atoms with van der Waals surface area (Å²) in [5.41, 5.74) is 1.78. The minimum absolute atomic E-state index is 0.623. The third-order valence-electron chi connectivity index (χ3n) is 2.54. The minimum atomic E-state index is 0.623. The molecular formula is C12H11N3O2. The zero-order valence-electron chi connectivity index (χ0n) is 9.52. The topological polar surface area (TPSA) is 63.9 Å². The average Bonchev–Trinajstić information content (AvgIpc) is 2.93. The Labute approximate surface area is 97.5 Å². The maximum atomic E-state index is 5.42. The van der Waals surface area contributed by atoms with Gasteiger partial charge >= 0.3 is 0 Å². The Hall–Kier alpha value is -2.30. The average molecular weight is 229 g/mol. The molecule has 3 aromatic rings. The molecule has 17 heavy (non-hydrogen) atoms. The van der Waals surface area contributed by atoms with Gasteiger partial charge in [0.1, 0.15) is 5.75 Å². The number of imidazole rings is 1. The molecule has 0 saturated carbocycles. The summed E-state index contributed by atoms with van der Waals surface area (Å²) in [7, 11) is 1.64. The Morgan fingerprint density at radius 2 is 2.24 bits per heavy atom. The Balaban J connectivity index is 2.13. The van der Waals surface area contributed by atoms with E-state index < -0.39 is 0 Å². The van der Waals surface area contributed by atoms with Crippen molar-refractivity contribution in [2.45, 2.75) is 6.92 Å². The van der Waals surface area contributed by atoms with Gasteiger partial charge < -0.3 is 14.1 Å². The number of ether oxygens (including phenoxy) is 1. The number of methoxy groups -OCH3 is 1. The lowest BCUT2D eigenvalue weighted by atomic mass is 10.3. The highest BCUT2D eigenvalue weighted by Gasteiger charge is 2.09. The van der Waals surface area contributed by atoms with E-state index in [9.17, 15) is 0 Å². The highest BCUT2D eigenvalue weighted by Crippen LogP contribution is 2.23. The third kappa shape index (κ3) is 1.65. The van der Waals surface area contributed by atoms with Crippen LogP contribution in [0.25, 0.3) is 22.6 Å². The number of rotatable bonds is 2. The number of hydrogen-bond acceptors (Lipinski definition) is 4.